The molecule has 3 rings (SSSR count). The lowest BCUT2D eigenvalue weighted by molar-refractivity contribution is -0.141. The lowest BCUT2D eigenvalue weighted by Crippen LogP contribution is -2.50. The van der Waals surface area contributed by atoms with Crippen LogP contribution in [0, 0.1) is 5.92 Å². The highest BCUT2D eigenvalue weighted by molar-refractivity contribution is 5.90. The summed E-state index contributed by atoms with van der Waals surface area (Å²) in [6, 6.07) is 26.2. The molecule has 7 nitrogen and oxygen atoms in total. The lowest BCUT2D eigenvalue weighted by Gasteiger charge is -2.22. The maximum atomic E-state index is 13.2. The number of hydrogen-bond acceptors (Lipinski definition) is 4. The van der Waals surface area contributed by atoms with Crippen LogP contribution in [-0.4, -0.2) is 42.6 Å². The SMILES string of the molecule is COc1ccc(CCCC(CC(=O)O)C(=O)NC(Cc2ccccc2)C(=O)NCCc2ccccc2)cc1. The van der Waals surface area contributed by atoms with Crippen LogP contribution in [0.1, 0.15) is 36.0 Å². The Morgan fingerprint density at radius 3 is 2.00 bits per heavy atom. The number of rotatable bonds is 15. The van der Waals surface area contributed by atoms with Crippen LogP contribution in [0.5, 0.6) is 5.75 Å². The van der Waals surface area contributed by atoms with Gasteiger partial charge in [0, 0.05) is 18.9 Å². The molecule has 2 amide bonds. The molecule has 38 heavy (non-hydrogen) atoms. The van der Waals surface area contributed by atoms with E-state index in [0.717, 1.165) is 22.4 Å². The smallest absolute Gasteiger partial charge is 0.304 e. The number of amides is 2. The number of aliphatic carboxylic acids is 1. The third kappa shape index (κ3) is 9.73. The van der Waals surface area contributed by atoms with E-state index in [4.69, 9.17) is 4.74 Å². The van der Waals surface area contributed by atoms with Crippen LogP contribution in [0.15, 0.2) is 84.9 Å². The molecule has 0 aliphatic carbocycles. The molecule has 2 atom stereocenters. The van der Waals surface area contributed by atoms with Gasteiger partial charge in [-0.15, -0.1) is 0 Å². The van der Waals surface area contributed by atoms with E-state index in [1.807, 2.05) is 84.9 Å². The highest BCUT2D eigenvalue weighted by Crippen LogP contribution is 2.18. The highest BCUT2D eigenvalue weighted by Gasteiger charge is 2.27. The molecule has 0 heterocycles. The Hall–Kier alpha value is -4.13. The number of carbonyl (C=O) groups excluding carboxylic acids is 2. The molecule has 3 aromatic rings. The second-order valence-electron chi connectivity index (χ2n) is 9.31. The fraction of sp³-hybridized carbons (Fsp3) is 0.323. The Labute approximate surface area is 224 Å². The number of carbonyl (C=O) groups is 3. The summed E-state index contributed by atoms with van der Waals surface area (Å²) in [5, 5.41) is 15.2. The summed E-state index contributed by atoms with van der Waals surface area (Å²) in [6.45, 7) is 0.435. The summed E-state index contributed by atoms with van der Waals surface area (Å²) in [5.74, 6) is -1.71. The van der Waals surface area contributed by atoms with Crippen molar-refractivity contribution >= 4 is 17.8 Å². The first-order valence-corrected chi connectivity index (χ1v) is 12.9. The van der Waals surface area contributed by atoms with Crippen molar-refractivity contribution in [2.75, 3.05) is 13.7 Å². The summed E-state index contributed by atoms with van der Waals surface area (Å²) in [7, 11) is 1.61. The Kier molecular flexibility index (Phi) is 11.4. The van der Waals surface area contributed by atoms with Gasteiger partial charge in [-0.25, -0.2) is 0 Å². The van der Waals surface area contributed by atoms with Gasteiger partial charge in [0.25, 0.3) is 0 Å². The van der Waals surface area contributed by atoms with E-state index >= 15 is 0 Å². The first kappa shape index (κ1) is 28.4. The van der Waals surface area contributed by atoms with Gasteiger partial charge in [-0.3, -0.25) is 14.4 Å². The van der Waals surface area contributed by atoms with E-state index in [0.29, 0.717) is 38.6 Å². The molecule has 0 bridgehead atoms. The zero-order valence-electron chi connectivity index (χ0n) is 21.8. The van der Waals surface area contributed by atoms with Gasteiger partial charge in [0.15, 0.2) is 0 Å². The number of methoxy groups -OCH3 is 1. The molecule has 3 aromatic carbocycles. The van der Waals surface area contributed by atoms with Gasteiger partial charge in [-0.2, -0.15) is 0 Å². The predicted molar refractivity (Wildman–Crippen MR) is 147 cm³/mol. The largest absolute Gasteiger partial charge is 0.497 e. The van der Waals surface area contributed by atoms with Crippen molar-refractivity contribution in [3.63, 3.8) is 0 Å². The molecule has 2 unspecified atom stereocenters. The summed E-state index contributed by atoms with van der Waals surface area (Å²) in [6.07, 6.45) is 2.45. The zero-order chi connectivity index (χ0) is 27.2. The van der Waals surface area contributed by atoms with E-state index in [1.54, 1.807) is 7.11 Å². The maximum Gasteiger partial charge on any atom is 0.304 e. The van der Waals surface area contributed by atoms with Gasteiger partial charge in [0.1, 0.15) is 11.8 Å². The second-order valence-corrected chi connectivity index (χ2v) is 9.31. The van der Waals surface area contributed by atoms with E-state index in [1.165, 1.54) is 0 Å². The minimum absolute atomic E-state index is 0.287. The maximum absolute atomic E-state index is 13.2. The highest BCUT2D eigenvalue weighted by atomic mass is 16.5. The fourth-order valence-corrected chi connectivity index (χ4v) is 4.33. The number of ether oxygens (including phenoxy) is 1. The van der Waals surface area contributed by atoms with Gasteiger partial charge >= 0.3 is 5.97 Å². The van der Waals surface area contributed by atoms with Gasteiger partial charge in [-0.05, 0) is 54.5 Å². The standard InChI is InChI=1S/C31H36N2O5/c1-38-27-17-15-24(16-18-27)13-8-14-26(22-29(34)35)30(36)33-28(21-25-11-6-3-7-12-25)31(37)32-20-19-23-9-4-2-5-10-23/h2-7,9-12,15-18,26,28H,8,13-14,19-22H2,1H3,(H,32,37)(H,33,36)(H,34,35). The first-order chi connectivity index (χ1) is 18.4. The Balaban J connectivity index is 1.62. The third-order valence-corrected chi connectivity index (χ3v) is 6.44. The number of hydrogen-bond donors (Lipinski definition) is 3. The minimum Gasteiger partial charge on any atom is -0.497 e. The van der Waals surface area contributed by atoms with Crippen molar-refractivity contribution in [1.29, 1.82) is 0 Å². The van der Waals surface area contributed by atoms with Crippen LogP contribution in [0.2, 0.25) is 0 Å². The second kappa shape index (κ2) is 15.2. The van der Waals surface area contributed by atoms with Gasteiger partial charge < -0.3 is 20.5 Å². The van der Waals surface area contributed by atoms with Crippen LogP contribution >= 0.6 is 0 Å². The van der Waals surface area contributed by atoms with Crippen LogP contribution in [-0.2, 0) is 33.6 Å². The van der Waals surface area contributed by atoms with Crippen molar-refractivity contribution in [2.45, 2.75) is 44.6 Å². The van der Waals surface area contributed by atoms with Crippen LogP contribution in [0.4, 0.5) is 0 Å². The molecule has 7 heteroatoms. The summed E-state index contributed by atoms with van der Waals surface area (Å²) in [5.41, 5.74) is 3.10. The van der Waals surface area contributed by atoms with Crippen molar-refractivity contribution in [3.05, 3.63) is 102 Å². The van der Waals surface area contributed by atoms with E-state index < -0.39 is 23.8 Å². The zero-order valence-corrected chi connectivity index (χ0v) is 21.8. The molecule has 0 saturated heterocycles. The molecule has 0 fully saturated rings. The van der Waals surface area contributed by atoms with Crippen LogP contribution < -0.4 is 15.4 Å². The summed E-state index contributed by atoms with van der Waals surface area (Å²) in [4.78, 5) is 37.9. The van der Waals surface area contributed by atoms with Gasteiger partial charge in [-0.1, -0.05) is 72.8 Å². The fourth-order valence-electron chi connectivity index (χ4n) is 4.33. The topological polar surface area (TPSA) is 105 Å². The number of nitrogens with one attached hydrogen (secondary N) is 2. The number of aryl methyl sites for hydroxylation is 1. The van der Waals surface area contributed by atoms with E-state index in [2.05, 4.69) is 10.6 Å². The average molecular weight is 517 g/mol. The Morgan fingerprint density at radius 1 is 0.789 bits per heavy atom. The molecule has 0 radical (unpaired) electrons. The monoisotopic (exact) mass is 516 g/mol. The Bertz CT molecular complexity index is 1150. The number of carboxylic acid groups (broad SMARTS) is 1. The lowest BCUT2D eigenvalue weighted by atomic mass is 9.94. The van der Waals surface area contributed by atoms with Crippen molar-refractivity contribution < 1.29 is 24.2 Å². The number of carboxylic acids is 1. The van der Waals surface area contributed by atoms with Crippen LogP contribution in [0.3, 0.4) is 0 Å². The van der Waals surface area contributed by atoms with Crippen molar-refractivity contribution in [3.8, 4) is 5.75 Å². The molecule has 3 N–H and O–H groups in total. The van der Waals surface area contributed by atoms with Gasteiger partial charge in [0.05, 0.1) is 13.5 Å². The molecule has 0 aliphatic rings. The van der Waals surface area contributed by atoms with Gasteiger partial charge in [0.2, 0.25) is 11.8 Å². The Morgan fingerprint density at radius 2 is 1.39 bits per heavy atom. The number of benzene rings is 3. The molecule has 0 aliphatic heterocycles. The predicted octanol–water partition coefficient (Wildman–Crippen LogP) is 4.20. The molecule has 0 spiro atoms. The normalized spacial score (nSPS) is 12.2. The van der Waals surface area contributed by atoms with Crippen LogP contribution in [0.25, 0.3) is 0 Å². The quantitative estimate of drug-likeness (QED) is 0.281. The third-order valence-electron chi connectivity index (χ3n) is 6.44. The molecule has 200 valence electrons. The van der Waals surface area contributed by atoms with E-state index in [9.17, 15) is 19.5 Å². The van der Waals surface area contributed by atoms with Crippen molar-refractivity contribution in [1.82, 2.24) is 10.6 Å². The molecular weight excluding hydrogens is 480 g/mol. The minimum atomic E-state index is -1.04. The summed E-state index contributed by atoms with van der Waals surface area (Å²) >= 11 is 0. The average Bonchev–Trinajstić information content (AvgIpc) is 2.93. The first-order valence-electron chi connectivity index (χ1n) is 12.9. The summed E-state index contributed by atoms with van der Waals surface area (Å²) < 4.78 is 5.18. The molecular formula is C31H36N2O5. The molecule has 0 saturated carbocycles. The van der Waals surface area contributed by atoms with Crippen molar-refractivity contribution in [2.24, 2.45) is 5.92 Å². The molecule has 0 aromatic heterocycles. The van der Waals surface area contributed by atoms with E-state index in [-0.39, 0.29) is 12.3 Å².